The van der Waals surface area contributed by atoms with Gasteiger partial charge in [-0.05, 0) is 54.8 Å². The van der Waals surface area contributed by atoms with E-state index in [0.29, 0.717) is 6.42 Å². The highest BCUT2D eigenvalue weighted by Crippen LogP contribution is 2.29. The van der Waals surface area contributed by atoms with Crippen LogP contribution >= 0.6 is 0 Å². The Morgan fingerprint density at radius 3 is 2.48 bits per heavy atom. The van der Waals surface area contributed by atoms with E-state index in [1.807, 2.05) is 30.3 Å². The minimum atomic E-state index is 0.0240. The van der Waals surface area contributed by atoms with Gasteiger partial charge in [-0.25, -0.2) is 0 Å². The summed E-state index contributed by atoms with van der Waals surface area (Å²) in [6.07, 6.45) is 2.54. The lowest BCUT2D eigenvalue weighted by molar-refractivity contribution is -0.115. The molecule has 2 heterocycles. The number of aromatic nitrogens is 1. The summed E-state index contributed by atoms with van der Waals surface area (Å²) >= 11 is 0. The number of hydrogen-bond acceptors (Lipinski definition) is 2. The van der Waals surface area contributed by atoms with Crippen molar-refractivity contribution >= 4 is 17.3 Å². The monoisotopic (exact) mass is 359 g/mol. The molecule has 1 N–H and O–H groups in total. The van der Waals surface area contributed by atoms with Gasteiger partial charge in [-0.2, -0.15) is 0 Å². The summed E-state index contributed by atoms with van der Waals surface area (Å²) in [5.41, 5.74) is 6.73. The van der Waals surface area contributed by atoms with Crippen LogP contribution in [0.1, 0.15) is 22.4 Å². The van der Waals surface area contributed by atoms with Crippen LogP contribution in [-0.4, -0.2) is 17.0 Å². The third-order valence-electron chi connectivity index (χ3n) is 5.24. The number of benzene rings is 2. The van der Waals surface area contributed by atoms with Gasteiger partial charge in [-0.15, -0.1) is 0 Å². The van der Waals surface area contributed by atoms with E-state index in [1.54, 1.807) is 0 Å². The standard InChI is InChI=1S/C23H25N3O/c1-17-13-21(26-12-11-25-10-6-9-20(25)16-26)14-18(2)23(17)24-22(27)15-19-7-4-3-5-8-19/h3-10,13-14H,11-12,15-16H2,1-2H3,(H,24,27). The molecule has 1 aliphatic heterocycles. The average molecular weight is 359 g/mol. The minimum Gasteiger partial charge on any atom is -0.364 e. The van der Waals surface area contributed by atoms with E-state index in [2.05, 4.69) is 59.1 Å². The maximum atomic E-state index is 12.5. The molecule has 27 heavy (non-hydrogen) atoms. The van der Waals surface area contributed by atoms with Crippen molar-refractivity contribution < 1.29 is 4.79 Å². The Morgan fingerprint density at radius 2 is 1.74 bits per heavy atom. The van der Waals surface area contributed by atoms with Gasteiger partial charge in [0.05, 0.1) is 13.0 Å². The number of anilines is 2. The number of nitrogens with zero attached hydrogens (tertiary/aromatic N) is 2. The molecule has 138 valence electrons. The maximum absolute atomic E-state index is 12.5. The first-order valence-corrected chi connectivity index (χ1v) is 9.44. The normalized spacial score (nSPS) is 13.3. The molecule has 0 unspecified atom stereocenters. The largest absolute Gasteiger partial charge is 0.364 e. The van der Waals surface area contributed by atoms with Crippen molar-refractivity contribution in [3.8, 4) is 0 Å². The Balaban J connectivity index is 1.50. The number of aryl methyl sites for hydroxylation is 2. The topological polar surface area (TPSA) is 37.3 Å². The van der Waals surface area contributed by atoms with E-state index in [9.17, 15) is 4.79 Å². The maximum Gasteiger partial charge on any atom is 0.228 e. The number of carbonyl (C=O) groups is 1. The van der Waals surface area contributed by atoms with Crippen LogP contribution in [0.5, 0.6) is 0 Å². The molecule has 1 aromatic heterocycles. The van der Waals surface area contributed by atoms with E-state index < -0.39 is 0 Å². The quantitative estimate of drug-likeness (QED) is 0.754. The number of amides is 1. The lowest BCUT2D eigenvalue weighted by Crippen LogP contribution is -2.33. The van der Waals surface area contributed by atoms with Crippen LogP contribution in [0, 0.1) is 13.8 Å². The van der Waals surface area contributed by atoms with Crippen LogP contribution in [0.15, 0.2) is 60.8 Å². The molecule has 0 atom stereocenters. The fourth-order valence-corrected chi connectivity index (χ4v) is 3.82. The fraction of sp³-hybridized carbons (Fsp3) is 0.261. The summed E-state index contributed by atoms with van der Waals surface area (Å²) < 4.78 is 2.31. The van der Waals surface area contributed by atoms with E-state index >= 15 is 0 Å². The summed E-state index contributed by atoms with van der Waals surface area (Å²) in [6.45, 7) is 7.07. The molecule has 0 fully saturated rings. The zero-order chi connectivity index (χ0) is 18.8. The van der Waals surface area contributed by atoms with Crippen molar-refractivity contribution in [2.75, 3.05) is 16.8 Å². The first kappa shape index (κ1) is 17.4. The zero-order valence-electron chi connectivity index (χ0n) is 15.9. The lowest BCUT2D eigenvalue weighted by atomic mass is 10.1. The van der Waals surface area contributed by atoms with Crippen LogP contribution in [0.4, 0.5) is 11.4 Å². The first-order chi connectivity index (χ1) is 13.1. The molecule has 2 aromatic carbocycles. The highest BCUT2D eigenvalue weighted by Gasteiger charge is 2.18. The van der Waals surface area contributed by atoms with Crippen LogP contribution in [0.2, 0.25) is 0 Å². The Labute approximate surface area is 160 Å². The third-order valence-corrected chi connectivity index (χ3v) is 5.24. The number of hydrogen-bond donors (Lipinski definition) is 1. The van der Waals surface area contributed by atoms with Gasteiger partial charge in [0, 0.05) is 36.4 Å². The Hall–Kier alpha value is -3.01. The fourth-order valence-electron chi connectivity index (χ4n) is 3.82. The molecule has 0 saturated carbocycles. The van der Waals surface area contributed by atoms with E-state index in [0.717, 1.165) is 42.0 Å². The van der Waals surface area contributed by atoms with Crippen molar-refractivity contribution in [1.29, 1.82) is 0 Å². The molecule has 4 rings (SSSR count). The van der Waals surface area contributed by atoms with Gasteiger partial charge in [0.1, 0.15) is 0 Å². The third kappa shape index (κ3) is 3.75. The predicted octanol–water partition coefficient (Wildman–Crippen LogP) is 4.31. The van der Waals surface area contributed by atoms with Crippen molar-refractivity contribution in [2.24, 2.45) is 0 Å². The molecule has 0 radical (unpaired) electrons. The van der Waals surface area contributed by atoms with Crippen molar-refractivity contribution in [3.05, 3.63) is 83.2 Å². The van der Waals surface area contributed by atoms with Gasteiger partial charge in [-0.1, -0.05) is 30.3 Å². The van der Waals surface area contributed by atoms with E-state index in [-0.39, 0.29) is 5.91 Å². The number of carbonyl (C=O) groups excluding carboxylic acids is 1. The highest BCUT2D eigenvalue weighted by atomic mass is 16.1. The Morgan fingerprint density at radius 1 is 1.00 bits per heavy atom. The molecular weight excluding hydrogens is 334 g/mol. The molecule has 4 nitrogen and oxygen atoms in total. The van der Waals surface area contributed by atoms with Crippen molar-refractivity contribution in [1.82, 2.24) is 4.57 Å². The molecular formula is C23H25N3O. The van der Waals surface area contributed by atoms with Gasteiger partial charge in [0.2, 0.25) is 5.91 Å². The van der Waals surface area contributed by atoms with Crippen LogP contribution < -0.4 is 10.2 Å². The van der Waals surface area contributed by atoms with Gasteiger partial charge in [0.15, 0.2) is 0 Å². The Bertz CT molecular complexity index is 936. The molecule has 4 heteroatoms. The molecule has 1 amide bonds. The molecule has 1 aliphatic rings. The number of nitrogens with one attached hydrogen (secondary N) is 1. The lowest BCUT2D eigenvalue weighted by Gasteiger charge is -2.31. The highest BCUT2D eigenvalue weighted by molar-refractivity contribution is 5.94. The van der Waals surface area contributed by atoms with Crippen LogP contribution in [0.3, 0.4) is 0 Å². The SMILES string of the molecule is Cc1cc(N2CCn3cccc3C2)cc(C)c1NC(=O)Cc1ccccc1. The molecule has 0 bridgehead atoms. The summed E-state index contributed by atoms with van der Waals surface area (Å²) in [5.74, 6) is 0.0240. The second-order valence-electron chi connectivity index (χ2n) is 7.28. The Kier molecular flexibility index (Phi) is 4.71. The van der Waals surface area contributed by atoms with Gasteiger partial charge in [0.25, 0.3) is 0 Å². The van der Waals surface area contributed by atoms with Gasteiger partial charge >= 0.3 is 0 Å². The summed E-state index contributed by atoms with van der Waals surface area (Å²) in [6, 6.07) is 18.5. The van der Waals surface area contributed by atoms with E-state index in [1.165, 1.54) is 11.4 Å². The molecule has 3 aromatic rings. The smallest absolute Gasteiger partial charge is 0.228 e. The summed E-state index contributed by atoms with van der Waals surface area (Å²) in [4.78, 5) is 14.9. The van der Waals surface area contributed by atoms with Gasteiger partial charge in [-0.3, -0.25) is 4.79 Å². The number of rotatable bonds is 4. The second kappa shape index (κ2) is 7.31. The van der Waals surface area contributed by atoms with Crippen molar-refractivity contribution in [3.63, 3.8) is 0 Å². The van der Waals surface area contributed by atoms with Crippen LogP contribution in [-0.2, 0) is 24.3 Å². The first-order valence-electron chi connectivity index (χ1n) is 9.44. The zero-order valence-corrected chi connectivity index (χ0v) is 15.9. The minimum absolute atomic E-state index is 0.0240. The summed E-state index contributed by atoms with van der Waals surface area (Å²) in [5, 5.41) is 3.11. The number of fused-ring (bicyclic) bond motifs is 1. The molecule has 0 saturated heterocycles. The molecule has 0 aliphatic carbocycles. The predicted molar refractivity (Wildman–Crippen MR) is 110 cm³/mol. The van der Waals surface area contributed by atoms with E-state index in [4.69, 9.17) is 0 Å². The average Bonchev–Trinajstić information content (AvgIpc) is 3.13. The summed E-state index contributed by atoms with van der Waals surface area (Å²) in [7, 11) is 0. The van der Waals surface area contributed by atoms with Gasteiger partial charge < -0.3 is 14.8 Å². The van der Waals surface area contributed by atoms with Crippen LogP contribution in [0.25, 0.3) is 0 Å². The van der Waals surface area contributed by atoms with Crippen molar-refractivity contribution in [2.45, 2.75) is 33.4 Å². The molecule has 0 spiro atoms. The second-order valence-corrected chi connectivity index (χ2v) is 7.28.